The molecule has 0 atom stereocenters. The molecule has 0 heterocycles. The van der Waals surface area contributed by atoms with E-state index in [1.54, 1.807) is 20.3 Å². The van der Waals surface area contributed by atoms with Gasteiger partial charge in [0, 0.05) is 11.8 Å². The van der Waals surface area contributed by atoms with Crippen molar-refractivity contribution in [2.24, 2.45) is 0 Å². The first-order valence-electron chi connectivity index (χ1n) is 7.47. The van der Waals surface area contributed by atoms with E-state index in [-0.39, 0.29) is 5.91 Å². The van der Waals surface area contributed by atoms with Crippen molar-refractivity contribution in [3.8, 4) is 11.5 Å². The van der Waals surface area contributed by atoms with Gasteiger partial charge in [-0.05, 0) is 42.3 Å². The molecule has 0 radical (unpaired) electrons. The second-order valence-electron chi connectivity index (χ2n) is 4.95. The van der Waals surface area contributed by atoms with Gasteiger partial charge in [0.15, 0.2) is 0 Å². The Morgan fingerprint density at radius 1 is 1.04 bits per heavy atom. The van der Waals surface area contributed by atoms with Gasteiger partial charge in [-0.3, -0.25) is 4.79 Å². The van der Waals surface area contributed by atoms with E-state index < -0.39 is 0 Å². The van der Waals surface area contributed by atoms with Crippen molar-refractivity contribution in [1.29, 1.82) is 0 Å². The third kappa shape index (κ3) is 4.36. The molecule has 0 saturated heterocycles. The van der Waals surface area contributed by atoms with Crippen LogP contribution in [0, 0.1) is 0 Å². The Morgan fingerprint density at radius 3 is 2.17 bits per heavy atom. The van der Waals surface area contributed by atoms with Crippen LogP contribution in [0.3, 0.4) is 0 Å². The van der Waals surface area contributed by atoms with E-state index in [1.165, 1.54) is 11.6 Å². The maximum absolute atomic E-state index is 12.1. The molecule has 1 N–H and O–H groups in total. The van der Waals surface area contributed by atoms with Gasteiger partial charge >= 0.3 is 0 Å². The molecule has 0 bridgehead atoms. The first kappa shape index (κ1) is 16.6. The summed E-state index contributed by atoms with van der Waals surface area (Å²) >= 11 is 0. The Balaban J connectivity index is 2.11. The highest BCUT2D eigenvalue weighted by Gasteiger charge is 2.07. The number of hydrogen-bond donors (Lipinski definition) is 1. The lowest BCUT2D eigenvalue weighted by molar-refractivity contribution is -0.111. The number of carbonyl (C=O) groups excluding carboxylic acids is 1. The Hall–Kier alpha value is -2.75. The lowest BCUT2D eigenvalue weighted by Gasteiger charge is -2.09. The SMILES string of the molecule is CCc1ccc(NC(=O)/C=C/c2c(OC)cccc2OC)cc1. The fourth-order valence-corrected chi connectivity index (χ4v) is 2.21. The average Bonchev–Trinajstić information content (AvgIpc) is 2.60. The van der Waals surface area contributed by atoms with Crippen molar-refractivity contribution < 1.29 is 14.3 Å². The van der Waals surface area contributed by atoms with Gasteiger partial charge in [0.1, 0.15) is 11.5 Å². The van der Waals surface area contributed by atoms with E-state index in [0.29, 0.717) is 11.5 Å². The van der Waals surface area contributed by atoms with E-state index in [9.17, 15) is 4.79 Å². The van der Waals surface area contributed by atoms with Gasteiger partial charge in [-0.15, -0.1) is 0 Å². The molecule has 2 rings (SSSR count). The smallest absolute Gasteiger partial charge is 0.248 e. The number of carbonyl (C=O) groups is 1. The maximum atomic E-state index is 12.1. The highest BCUT2D eigenvalue weighted by atomic mass is 16.5. The van der Waals surface area contributed by atoms with Crippen molar-refractivity contribution in [1.82, 2.24) is 0 Å². The van der Waals surface area contributed by atoms with Crippen molar-refractivity contribution in [2.75, 3.05) is 19.5 Å². The molecule has 1 amide bonds. The molecule has 0 aromatic heterocycles. The summed E-state index contributed by atoms with van der Waals surface area (Å²) in [6.45, 7) is 2.09. The molecule has 2 aromatic rings. The van der Waals surface area contributed by atoms with Crippen LogP contribution < -0.4 is 14.8 Å². The van der Waals surface area contributed by atoms with Gasteiger partial charge in [-0.2, -0.15) is 0 Å². The zero-order chi connectivity index (χ0) is 16.7. The number of anilines is 1. The Kier molecular flexibility index (Phi) is 5.80. The van der Waals surface area contributed by atoms with E-state index in [0.717, 1.165) is 17.7 Å². The number of hydrogen-bond acceptors (Lipinski definition) is 3. The van der Waals surface area contributed by atoms with Crippen molar-refractivity contribution in [3.05, 3.63) is 59.7 Å². The van der Waals surface area contributed by atoms with E-state index in [2.05, 4.69) is 12.2 Å². The van der Waals surface area contributed by atoms with Crippen molar-refractivity contribution in [2.45, 2.75) is 13.3 Å². The number of rotatable bonds is 6. The van der Waals surface area contributed by atoms with Gasteiger partial charge < -0.3 is 14.8 Å². The number of ether oxygens (including phenoxy) is 2. The molecule has 0 unspecified atom stereocenters. The minimum absolute atomic E-state index is 0.206. The van der Waals surface area contributed by atoms with Crippen molar-refractivity contribution >= 4 is 17.7 Å². The average molecular weight is 311 g/mol. The van der Waals surface area contributed by atoms with Crippen LogP contribution in [0.2, 0.25) is 0 Å². The van der Waals surface area contributed by atoms with Crippen LogP contribution in [-0.2, 0) is 11.2 Å². The summed E-state index contributed by atoms with van der Waals surface area (Å²) in [4.78, 5) is 12.1. The summed E-state index contributed by atoms with van der Waals surface area (Å²) in [5.74, 6) is 1.10. The van der Waals surface area contributed by atoms with E-state index >= 15 is 0 Å². The van der Waals surface area contributed by atoms with Crippen LogP contribution in [0.15, 0.2) is 48.5 Å². The molecular formula is C19H21NO3. The molecule has 0 spiro atoms. The molecular weight excluding hydrogens is 290 g/mol. The van der Waals surface area contributed by atoms with Crippen LogP contribution in [0.1, 0.15) is 18.1 Å². The number of amides is 1. The molecule has 4 nitrogen and oxygen atoms in total. The predicted octanol–water partition coefficient (Wildman–Crippen LogP) is 3.92. The summed E-state index contributed by atoms with van der Waals surface area (Å²) in [5.41, 5.74) is 2.73. The topological polar surface area (TPSA) is 47.6 Å². The maximum Gasteiger partial charge on any atom is 0.248 e. The molecule has 4 heteroatoms. The highest BCUT2D eigenvalue weighted by molar-refractivity contribution is 6.02. The van der Waals surface area contributed by atoms with Crippen LogP contribution in [0.4, 0.5) is 5.69 Å². The second-order valence-corrected chi connectivity index (χ2v) is 4.95. The summed E-state index contributed by atoms with van der Waals surface area (Å²) in [7, 11) is 3.17. The Labute approximate surface area is 136 Å². The van der Waals surface area contributed by atoms with Gasteiger partial charge in [-0.25, -0.2) is 0 Å². The molecule has 0 aliphatic rings. The zero-order valence-corrected chi connectivity index (χ0v) is 13.6. The van der Waals surface area contributed by atoms with E-state index in [1.807, 2.05) is 42.5 Å². The van der Waals surface area contributed by atoms with Gasteiger partial charge in [0.05, 0.1) is 19.8 Å². The standard InChI is InChI=1S/C19H21NO3/c1-4-14-8-10-15(11-9-14)20-19(21)13-12-16-17(22-2)6-5-7-18(16)23-3/h5-13H,4H2,1-3H3,(H,20,21)/b13-12+. The quantitative estimate of drug-likeness (QED) is 0.823. The summed E-state index contributed by atoms with van der Waals surface area (Å²) in [5, 5.41) is 2.83. The molecule has 0 saturated carbocycles. The molecule has 0 fully saturated rings. The molecule has 0 aliphatic heterocycles. The minimum Gasteiger partial charge on any atom is -0.496 e. The number of benzene rings is 2. The van der Waals surface area contributed by atoms with Gasteiger partial charge in [0.25, 0.3) is 0 Å². The molecule has 0 aliphatic carbocycles. The summed E-state index contributed by atoms with van der Waals surface area (Å²) < 4.78 is 10.6. The normalized spacial score (nSPS) is 10.6. The number of methoxy groups -OCH3 is 2. The summed E-state index contributed by atoms with van der Waals surface area (Å²) in [6.07, 6.45) is 4.13. The number of nitrogens with one attached hydrogen (secondary N) is 1. The first-order chi connectivity index (χ1) is 11.2. The lowest BCUT2D eigenvalue weighted by Crippen LogP contribution is -2.07. The highest BCUT2D eigenvalue weighted by Crippen LogP contribution is 2.29. The zero-order valence-electron chi connectivity index (χ0n) is 13.6. The fourth-order valence-electron chi connectivity index (χ4n) is 2.21. The molecule has 23 heavy (non-hydrogen) atoms. The van der Waals surface area contributed by atoms with Gasteiger partial charge in [-0.1, -0.05) is 25.1 Å². The third-order valence-electron chi connectivity index (χ3n) is 3.50. The van der Waals surface area contributed by atoms with Crippen LogP contribution >= 0.6 is 0 Å². The van der Waals surface area contributed by atoms with Crippen molar-refractivity contribution in [3.63, 3.8) is 0 Å². The monoisotopic (exact) mass is 311 g/mol. The Morgan fingerprint density at radius 2 is 1.65 bits per heavy atom. The first-order valence-corrected chi connectivity index (χ1v) is 7.47. The predicted molar refractivity (Wildman–Crippen MR) is 93.0 cm³/mol. The van der Waals surface area contributed by atoms with Gasteiger partial charge in [0.2, 0.25) is 5.91 Å². The van der Waals surface area contributed by atoms with Crippen LogP contribution in [0.25, 0.3) is 6.08 Å². The molecule has 120 valence electrons. The number of aryl methyl sites for hydroxylation is 1. The van der Waals surface area contributed by atoms with Crippen LogP contribution in [0.5, 0.6) is 11.5 Å². The summed E-state index contributed by atoms with van der Waals surface area (Å²) in [6, 6.07) is 13.3. The minimum atomic E-state index is -0.206. The Bertz CT molecular complexity index is 668. The molecule has 2 aromatic carbocycles. The second kappa shape index (κ2) is 8.03. The fraction of sp³-hybridized carbons (Fsp3) is 0.211. The van der Waals surface area contributed by atoms with Crippen LogP contribution in [-0.4, -0.2) is 20.1 Å². The van der Waals surface area contributed by atoms with E-state index in [4.69, 9.17) is 9.47 Å². The largest absolute Gasteiger partial charge is 0.496 e. The lowest BCUT2D eigenvalue weighted by atomic mass is 10.1. The third-order valence-corrected chi connectivity index (χ3v) is 3.50.